The molecule has 0 fully saturated rings. The Balaban J connectivity index is 2.91. The minimum absolute atomic E-state index is 0.0467. The molecule has 1 aromatic carbocycles. The van der Waals surface area contributed by atoms with Crippen molar-refractivity contribution >= 4 is 21.8 Å². The number of halogens is 1. The number of amidine groups is 1. The number of rotatable bonds is 5. The summed E-state index contributed by atoms with van der Waals surface area (Å²) in [5.41, 5.74) is 6.19. The van der Waals surface area contributed by atoms with Crippen LogP contribution in [0.15, 0.2) is 27.8 Å². The summed E-state index contributed by atoms with van der Waals surface area (Å²) < 4.78 is 6.53. The lowest BCUT2D eigenvalue weighted by atomic mass is 10.1. The maximum absolute atomic E-state index is 8.72. The Morgan fingerprint density at radius 3 is 2.88 bits per heavy atom. The molecule has 0 aliphatic heterocycles. The van der Waals surface area contributed by atoms with Gasteiger partial charge in [-0.15, -0.1) is 0 Å². The average Bonchev–Trinajstić information content (AvgIpc) is 2.35. The Bertz CT molecular complexity index is 407. The van der Waals surface area contributed by atoms with Crippen LogP contribution in [0.2, 0.25) is 0 Å². The molecule has 0 radical (unpaired) electrons. The van der Waals surface area contributed by atoms with Crippen LogP contribution in [0.25, 0.3) is 0 Å². The van der Waals surface area contributed by atoms with Crippen LogP contribution >= 0.6 is 15.9 Å². The number of ether oxygens (including phenoxy) is 1. The highest BCUT2D eigenvalue weighted by Crippen LogP contribution is 2.23. The average molecular weight is 301 g/mol. The van der Waals surface area contributed by atoms with Crippen LogP contribution in [0.5, 0.6) is 5.75 Å². The monoisotopic (exact) mass is 300 g/mol. The molecule has 0 amide bonds. The zero-order valence-electron chi connectivity index (χ0n) is 9.98. The number of hydrogen-bond acceptors (Lipinski definition) is 3. The zero-order valence-corrected chi connectivity index (χ0v) is 11.6. The lowest BCUT2D eigenvalue weighted by Gasteiger charge is -2.14. The fraction of sp³-hybridized carbons (Fsp3) is 0.417. The summed E-state index contributed by atoms with van der Waals surface area (Å²) in [5, 5.41) is 11.7. The van der Waals surface area contributed by atoms with Crippen LogP contribution < -0.4 is 10.5 Å². The Morgan fingerprint density at radius 2 is 2.29 bits per heavy atom. The van der Waals surface area contributed by atoms with E-state index in [1.807, 2.05) is 6.07 Å². The van der Waals surface area contributed by atoms with Gasteiger partial charge in [0.15, 0.2) is 5.84 Å². The Kier molecular flexibility index (Phi) is 5.28. The number of nitrogens with zero attached hydrogens (tertiary/aromatic N) is 1. The number of hydrogen-bond donors (Lipinski definition) is 2. The van der Waals surface area contributed by atoms with E-state index in [0.29, 0.717) is 23.8 Å². The standard InChI is InChI=1S/C12H17BrN2O2/c1-3-8(2)7-17-11-5-4-9(13)6-10(11)12(14)15-16/h4-6,8,16H,3,7H2,1-2H3,(H2,14,15). The molecule has 1 unspecified atom stereocenters. The van der Waals surface area contributed by atoms with E-state index in [9.17, 15) is 0 Å². The van der Waals surface area contributed by atoms with Gasteiger partial charge in [0.1, 0.15) is 5.75 Å². The molecule has 17 heavy (non-hydrogen) atoms. The molecule has 0 saturated heterocycles. The summed E-state index contributed by atoms with van der Waals surface area (Å²) in [7, 11) is 0. The molecule has 0 aliphatic carbocycles. The summed E-state index contributed by atoms with van der Waals surface area (Å²) >= 11 is 3.34. The maximum atomic E-state index is 8.72. The van der Waals surface area contributed by atoms with Crippen LogP contribution in [0.3, 0.4) is 0 Å². The molecular weight excluding hydrogens is 284 g/mol. The van der Waals surface area contributed by atoms with Gasteiger partial charge < -0.3 is 15.7 Å². The van der Waals surface area contributed by atoms with E-state index in [4.69, 9.17) is 15.7 Å². The van der Waals surface area contributed by atoms with E-state index in [1.165, 1.54) is 0 Å². The minimum Gasteiger partial charge on any atom is -0.493 e. The van der Waals surface area contributed by atoms with E-state index in [-0.39, 0.29) is 5.84 Å². The molecule has 0 aromatic heterocycles. The van der Waals surface area contributed by atoms with Crippen LogP contribution in [0.1, 0.15) is 25.8 Å². The molecule has 0 heterocycles. The predicted octanol–water partition coefficient (Wildman–Crippen LogP) is 2.97. The fourth-order valence-corrected chi connectivity index (χ4v) is 1.59. The van der Waals surface area contributed by atoms with Gasteiger partial charge in [0.25, 0.3) is 0 Å². The van der Waals surface area contributed by atoms with Gasteiger partial charge in [-0.1, -0.05) is 41.4 Å². The molecule has 1 aromatic rings. The Labute approximate surface area is 110 Å². The number of oxime groups is 1. The molecule has 1 atom stereocenters. The topological polar surface area (TPSA) is 67.8 Å². The van der Waals surface area contributed by atoms with E-state index in [0.717, 1.165) is 10.9 Å². The van der Waals surface area contributed by atoms with E-state index < -0.39 is 0 Å². The largest absolute Gasteiger partial charge is 0.493 e. The highest BCUT2D eigenvalue weighted by Gasteiger charge is 2.10. The summed E-state index contributed by atoms with van der Waals surface area (Å²) in [5.74, 6) is 1.15. The summed E-state index contributed by atoms with van der Waals surface area (Å²) in [6.45, 7) is 4.84. The smallest absolute Gasteiger partial charge is 0.173 e. The highest BCUT2D eigenvalue weighted by atomic mass is 79.9. The molecule has 4 nitrogen and oxygen atoms in total. The first-order valence-electron chi connectivity index (χ1n) is 5.48. The van der Waals surface area contributed by atoms with Crippen molar-refractivity contribution in [3.63, 3.8) is 0 Å². The van der Waals surface area contributed by atoms with Crippen molar-refractivity contribution in [3.05, 3.63) is 28.2 Å². The second-order valence-corrected chi connectivity index (χ2v) is 4.87. The van der Waals surface area contributed by atoms with Crippen molar-refractivity contribution in [2.24, 2.45) is 16.8 Å². The maximum Gasteiger partial charge on any atom is 0.173 e. The Hall–Kier alpha value is -1.23. The van der Waals surface area contributed by atoms with Crippen LogP contribution in [-0.4, -0.2) is 17.6 Å². The van der Waals surface area contributed by atoms with Crippen molar-refractivity contribution < 1.29 is 9.94 Å². The molecule has 94 valence electrons. The molecule has 0 spiro atoms. The van der Waals surface area contributed by atoms with Gasteiger partial charge in [0, 0.05) is 4.47 Å². The van der Waals surface area contributed by atoms with E-state index in [1.54, 1.807) is 12.1 Å². The molecule has 5 heteroatoms. The quantitative estimate of drug-likeness (QED) is 0.380. The molecule has 3 N–H and O–H groups in total. The van der Waals surface area contributed by atoms with Crippen molar-refractivity contribution in [2.45, 2.75) is 20.3 Å². The van der Waals surface area contributed by atoms with Gasteiger partial charge in [-0.25, -0.2) is 0 Å². The lowest BCUT2D eigenvalue weighted by Crippen LogP contribution is -2.16. The van der Waals surface area contributed by atoms with Gasteiger partial charge in [0.2, 0.25) is 0 Å². The number of benzene rings is 1. The first-order valence-corrected chi connectivity index (χ1v) is 6.28. The lowest BCUT2D eigenvalue weighted by molar-refractivity contribution is 0.256. The van der Waals surface area contributed by atoms with Gasteiger partial charge in [-0.2, -0.15) is 0 Å². The summed E-state index contributed by atoms with van der Waals surface area (Å²) in [6.07, 6.45) is 1.05. The third-order valence-electron chi connectivity index (χ3n) is 2.55. The SMILES string of the molecule is CCC(C)COc1ccc(Br)cc1/C(N)=N/O. The second-order valence-electron chi connectivity index (χ2n) is 3.95. The summed E-state index contributed by atoms with van der Waals surface area (Å²) in [6, 6.07) is 5.43. The van der Waals surface area contributed by atoms with Crippen LogP contribution in [-0.2, 0) is 0 Å². The Morgan fingerprint density at radius 1 is 1.59 bits per heavy atom. The zero-order chi connectivity index (χ0) is 12.8. The highest BCUT2D eigenvalue weighted by molar-refractivity contribution is 9.10. The van der Waals surface area contributed by atoms with Crippen LogP contribution in [0.4, 0.5) is 0 Å². The first-order chi connectivity index (χ1) is 8.08. The second kappa shape index (κ2) is 6.49. The molecule has 0 aliphatic rings. The number of nitrogens with two attached hydrogens (primary N) is 1. The third-order valence-corrected chi connectivity index (χ3v) is 3.04. The van der Waals surface area contributed by atoms with Gasteiger partial charge in [-0.05, 0) is 24.1 Å². The van der Waals surface area contributed by atoms with Crippen molar-refractivity contribution in [1.82, 2.24) is 0 Å². The van der Waals surface area contributed by atoms with Crippen LogP contribution in [0, 0.1) is 5.92 Å². The van der Waals surface area contributed by atoms with Crippen molar-refractivity contribution in [2.75, 3.05) is 6.61 Å². The molecule has 0 bridgehead atoms. The predicted molar refractivity (Wildman–Crippen MR) is 71.6 cm³/mol. The third kappa shape index (κ3) is 3.93. The molecular formula is C12H17BrN2O2. The van der Waals surface area contributed by atoms with Crippen molar-refractivity contribution in [3.8, 4) is 5.75 Å². The van der Waals surface area contributed by atoms with E-state index in [2.05, 4.69) is 34.9 Å². The first kappa shape index (κ1) is 13.8. The normalized spacial score (nSPS) is 13.5. The summed E-state index contributed by atoms with van der Waals surface area (Å²) in [4.78, 5) is 0. The van der Waals surface area contributed by atoms with Gasteiger partial charge >= 0.3 is 0 Å². The van der Waals surface area contributed by atoms with Gasteiger partial charge in [-0.3, -0.25) is 0 Å². The molecule has 0 saturated carbocycles. The minimum atomic E-state index is 0.0467. The van der Waals surface area contributed by atoms with Gasteiger partial charge in [0.05, 0.1) is 12.2 Å². The molecule has 1 rings (SSSR count). The fourth-order valence-electron chi connectivity index (χ4n) is 1.23. The van der Waals surface area contributed by atoms with E-state index >= 15 is 0 Å². The van der Waals surface area contributed by atoms with Crippen molar-refractivity contribution in [1.29, 1.82) is 0 Å².